The zero-order chi connectivity index (χ0) is 19.9. The van der Waals surface area contributed by atoms with E-state index in [1.807, 2.05) is 6.92 Å². The van der Waals surface area contributed by atoms with Gasteiger partial charge in [-0.15, -0.1) is 0 Å². The summed E-state index contributed by atoms with van der Waals surface area (Å²) in [5.74, 6) is -0.721. The third-order valence-electron chi connectivity index (χ3n) is 3.03. The van der Waals surface area contributed by atoms with Crippen molar-refractivity contribution in [3.63, 3.8) is 0 Å². The van der Waals surface area contributed by atoms with Crippen LogP contribution in [0.5, 0.6) is 0 Å². The molecule has 0 aliphatic heterocycles. The smallest absolute Gasteiger partial charge is 0.329 e. The highest BCUT2D eigenvalue weighted by Crippen LogP contribution is 2.31. The van der Waals surface area contributed by atoms with E-state index in [0.717, 1.165) is 4.90 Å². The van der Waals surface area contributed by atoms with E-state index in [0.29, 0.717) is 12.2 Å². The van der Waals surface area contributed by atoms with Gasteiger partial charge >= 0.3 is 8.60 Å². The second-order valence-corrected chi connectivity index (χ2v) is 7.79. The fourth-order valence-corrected chi connectivity index (χ4v) is 3.03. The third-order valence-corrected chi connectivity index (χ3v) is 4.88. The second-order valence-electron chi connectivity index (χ2n) is 5.15. The van der Waals surface area contributed by atoms with Crippen LogP contribution in [-0.4, -0.2) is 71.7 Å². The second kappa shape index (κ2) is 14.9. The largest absolute Gasteiger partial charge is 0.370 e. The third kappa shape index (κ3) is 13.0. The molecule has 0 aromatic heterocycles. The molecule has 0 aliphatic rings. The van der Waals surface area contributed by atoms with Gasteiger partial charge in [0.2, 0.25) is 24.1 Å². The highest BCUT2D eigenvalue weighted by Gasteiger charge is 2.17. The molecule has 0 saturated heterocycles. The molecule has 0 aromatic carbocycles. The molecule has 4 N–H and O–H groups in total. The number of thioether (sulfide) groups is 1. The quantitative estimate of drug-likeness (QED) is 0.190. The molecule has 150 valence electrons. The predicted octanol–water partition coefficient (Wildman–Crippen LogP) is -0.253. The van der Waals surface area contributed by atoms with E-state index in [1.54, 1.807) is 0 Å². The molecule has 0 aromatic rings. The average Bonchev–Trinajstić information content (AvgIpc) is 2.58. The lowest BCUT2D eigenvalue weighted by molar-refractivity contribution is -0.138. The Hall–Kier alpha value is -1.26. The van der Waals surface area contributed by atoms with Gasteiger partial charge in [-0.2, -0.15) is 11.8 Å². The summed E-state index contributed by atoms with van der Waals surface area (Å²) in [4.78, 5) is 55.4. The molecule has 26 heavy (non-hydrogen) atoms. The standard InChI is InChI=1S/C14H26N3O7PS/c1-11(26-8-7-24-25(22)23-2)9-14(21)17(10-18)6-4-13(20)16-5-3-12(15)19/h10-11,22H,3-9H2,1-2H3,(H2,15,19)(H,16,20). The predicted molar refractivity (Wildman–Crippen MR) is 97.9 cm³/mol. The molecular formula is C14H26N3O7PS. The van der Waals surface area contributed by atoms with Gasteiger partial charge in [-0.05, 0) is 0 Å². The Labute approximate surface area is 158 Å². The van der Waals surface area contributed by atoms with Crippen LogP contribution < -0.4 is 11.1 Å². The number of carbonyl (C=O) groups excluding carboxylic acids is 4. The van der Waals surface area contributed by atoms with Gasteiger partial charge in [-0.3, -0.25) is 24.1 Å². The van der Waals surface area contributed by atoms with Gasteiger partial charge in [0.05, 0.1) is 6.61 Å². The number of amides is 4. The van der Waals surface area contributed by atoms with Gasteiger partial charge in [-0.1, -0.05) is 6.92 Å². The van der Waals surface area contributed by atoms with Gasteiger partial charge < -0.3 is 25.0 Å². The van der Waals surface area contributed by atoms with Crippen molar-refractivity contribution in [1.29, 1.82) is 0 Å². The van der Waals surface area contributed by atoms with Crippen LogP contribution in [0.4, 0.5) is 0 Å². The fraction of sp³-hybridized carbons (Fsp3) is 0.714. The van der Waals surface area contributed by atoms with Crippen molar-refractivity contribution in [3.05, 3.63) is 0 Å². The summed E-state index contributed by atoms with van der Waals surface area (Å²) in [6.07, 6.45) is 0.515. The number of imide groups is 1. The molecule has 0 aliphatic carbocycles. The highest BCUT2D eigenvalue weighted by molar-refractivity contribution is 7.99. The SMILES string of the molecule is COP(O)OCCSC(C)CC(=O)N(C=O)CCC(=O)NCCC(N)=O. The Bertz CT molecular complexity index is 470. The monoisotopic (exact) mass is 411 g/mol. The minimum atomic E-state index is -1.86. The van der Waals surface area contributed by atoms with Gasteiger partial charge in [0.1, 0.15) is 0 Å². The molecule has 4 amide bonds. The van der Waals surface area contributed by atoms with E-state index < -0.39 is 14.5 Å². The summed E-state index contributed by atoms with van der Waals surface area (Å²) in [6, 6.07) is 0. The van der Waals surface area contributed by atoms with Crippen molar-refractivity contribution in [2.24, 2.45) is 5.73 Å². The van der Waals surface area contributed by atoms with Gasteiger partial charge in [0, 0.05) is 50.5 Å². The Balaban J connectivity index is 4.05. The topological polar surface area (TPSA) is 148 Å². The number of primary amides is 1. The molecule has 0 saturated carbocycles. The van der Waals surface area contributed by atoms with Crippen molar-refractivity contribution in [3.8, 4) is 0 Å². The van der Waals surface area contributed by atoms with Crippen LogP contribution in [-0.2, 0) is 28.2 Å². The van der Waals surface area contributed by atoms with Crippen LogP contribution in [0.3, 0.4) is 0 Å². The molecule has 0 bridgehead atoms. The fourth-order valence-electron chi connectivity index (χ4n) is 1.71. The van der Waals surface area contributed by atoms with Crippen LogP contribution in [0.25, 0.3) is 0 Å². The van der Waals surface area contributed by atoms with Crippen molar-refractivity contribution in [2.75, 3.05) is 32.6 Å². The highest BCUT2D eigenvalue weighted by atomic mass is 32.2. The van der Waals surface area contributed by atoms with Crippen LogP contribution in [0.1, 0.15) is 26.2 Å². The van der Waals surface area contributed by atoms with E-state index in [4.69, 9.17) is 15.2 Å². The number of carbonyl (C=O) groups is 4. The number of rotatable bonds is 15. The average molecular weight is 411 g/mol. The summed E-state index contributed by atoms with van der Waals surface area (Å²) in [6.45, 7) is 2.20. The Morgan fingerprint density at radius 2 is 2.08 bits per heavy atom. The molecule has 2 unspecified atom stereocenters. The van der Waals surface area contributed by atoms with Crippen molar-refractivity contribution in [2.45, 2.75) is 31.4 Å². The van der Waals surface area contributed by atoms with E-state index in [1.165, 1.54) is 18.9 Å². The lowest BCUT2D eigenvalue weighted by atomic mass is 10.2. The first-order valence-electron chi connectivity index (χ1n) is 7.87. The van der Waals surface area contributed by atoms with E-state index in [9.17, 15) is 19.2 Å². The van der Waals surface area contributed by atoms with Gasteiger partial charge in [0.15, 0.2) is 0 Å². The molecular weight excluding hydrogens is 385 g/mol. The van der Waals surface area contributed by atoms with E-state index in [2.05, 4.69) is 9.84 Å². The van der Waals surface area contributed by atoms with Gasteiger partial charge in [0.25, 0.3) is 0 Å². The minimum Gasteiger partial charge on any atom is -0.370 e. The van der Waals surface area contributed by atoms with Crippen LogP contribution in [0.15, 0.2) is 0 Å². The molecule has 0 radical (unpaired) electrons. The maximum absolute atomic E-state index is 12.1. The maximum atomic E-state index is 12.1. The number of hydrogen-bond acceptors (Lipinski definition) is 8. The Morgan fingerprint density at radius 3 is 2.65 bits per heavy atom. The van der Waals surface area contributed by atoms with Crippen molar-refractivity contribution < 1.29 is 33.1 Å². The number of nitrogens with zero attached hydrogens (tertiary/aromatic N) is 1. The number of hydrogen-bond donors (Lipinski definition) is 3. The van der Waals surface area contributed by atoms with Gasteiger partial charge in [-0.25, -0.2) is 0 Å². The molecule has 0 heterocycles. The molecule has 2 atom stereocenters. The summed E-state index contributed by atoms with van der Waals surface area (Å²) < 4.78 is 9.56. The summed E-state index contributed by atoms with van der Waals surface area (Å²) in [5, 5.41) is 2.42. The van der Waals surface area contributed by atoms with E-state index >= 15 is 0 Å². The normalized spacial score (nSPS) is 12.9. The van der Waals surface area contributed by atoms with Crippen LogP contribution in [0, 0.1) is 0 Å². The zero-order valence-corrected chi connectivity index (χ0v) is 16.6. The van der Waals surface area contributed by atoms with Crippen LogP contribution >= 0.6 is 20.4 Å². The summed E-state index contributed by atoms with van der Waals surface area (Å²) in [5.41, 5.74) is 4.96. The zero-order valence-electron chi connectivity index (χ0n) is 14.9. The molecule has 0 fully saturated rings. The Morgan fingerprint density at radius 1 is 1.38 bits per heavy atom. The number of nitrogens with one attached hydrogen (secondary N) is 1. The van der Waals surface area contributed by atoms with E-state index in [-0.39, 0.29) is 56.0 Å². The lowest BCUT2D eigenvalue weighted by Gasteiger charge is -2.18. The first-order valence-corrected chi connectivity index (χ1v) is 10.1. The molecule has 12 heteroatoms. The number of nitrogens with two attached hydrogens (primary N) is 1. The summed E-state index contributed by atoms with van der Waals surface area (Å²) >= 11 is 1.46. The van der Waals surface area contributed by atoms with Crippen LogP contribution in [0.2, 0.25) is 0 Å². The maximum Gasteiger partial charge on any atom is 0.329 e. The lowest BCUT2D eigenvalue weighted by Crippen LogP contribution is -2.36. The molecule has 10 nitrogen and oxygen atoms in total. The van der Waals surface area contributed by atoms with Crippen molar-refractivity contribution in [1.82, 2.24) is 10.2 Å². The Kier molecular flexibility index (Phi) is 14.1. The minimum absolute atomic E-state index is 0.0308. The molecule has 0 spiro atoms. The summed E-state index contributed by atoms with van der Waals surface area (Å²) in [7, 11) is -0.517. The first-order chi connectivity index (χ1) is 12.3. The first kappa shape index (κ1) is 24.7. The van der Waals surface area contributed by atoms with Crippen molar-refractivity contribution >= 4 is 44.5 Å². The molecule has 0 rings (SSSR count).